The second kappa shape index (κ2) is 7.08. The Morgan fingerprint density at radius 3 is 2.90 bits per heavy atom. The number of nitrogens with zero attached hydrogens (tertiary/aromatic N) is 3. The molecule has 2 aliphatic rings. The quantitative estimate of drug-likeness (QED) is 0.619. The number of hydrogen-bond donors (Lipinski definition) is 1. The number of hydrogen-bond acceptors (Lipinski definition) is 6. The molecule has 0 amide bonds. The van der Waals surface area contributed by atoms with Gasteiger partial charge in [-0.25, -0.2) is 5.01 Å². The number of aromatic nitrogens is 1. The molecule has 2 unspecified atom stereocenters. The van der Waals surface area contributed by atoms with Gasteiger partial charge in [0.1, 0.15) is 17.2 Å². The van der Waals surface area contributed by atoms with Gasteiger partial charge in [-0.15, -0.1) is 0 Å². The molecule has 1 aromatic heterocycles. The molecular formula is C22H18BrN3O3. The van der Waals surface area contributed by atoms with Crippen LogP contribution in [0.4, 0.5) is 0 Å². The lowest BCUT2D eigenvalue weighted by Crippen LogP contribution is -2.33. The number of aromatic hydroxyl groups is 1. The average Bonchev–Trinajstić information content (AvgIpc) is 3.20. The van der Waals surface area contributed by atoms with Crippen LogP contribution in [-0.4, -0.2) is 27.9 Å². The lowest BCUT2D eigenvalue weighted by atomic mass is 9.95. The minimum atomic E-state index is -0.396. The Hall–Kier alpha value is -3.06. The van der Waals surface area contributed by atoms with Crippen molar-refractivity contribution in [3.63, 3.8) is 0 Å². The molecule has 0 saturated heterocycles. The Bertz CT molecular complexity index is 1100. The van der Waals surface area contributed by atoms with E-state index in [2.05, 4.69) is 27.0 Å². The normalized spacial score (nSPS) is 19.8. The van der Waals surface area contributed by atoms with E-state index in [9.17, 15) is 5.11 Å². The molecule has 29 heavy (non-hydrogen) atoms. The van der Waals surface area contributed by atoms with E-state index in [4.69, 9.17) is 14.6 Å². The number of halogens is 1. The molecule has 6 nitrogen and oxygen atoms in total. The van der Waals surface area contributed by atoms with E-state index in [-0.39, 0.29) is 11.8 Å². The average molecular weight is 452 g/mol. The second-order valence-electron chi connectivity index (χ2n) is 6.97. The number of methoxy groups -OCH3 is 1. The second-order valence-corrected chi connectivity index (χ2v) is 7.88. The molecule has 0 bridgehead atoms. The molecule has 0 aliphatic carbocycles. The fourth-order valence-electron chi connectivity index (χ4n) is 3.84. The van der Waals surface area contributed by atoms with Gasteiger partial charge in [-0.2, -0.15) is 5.10 Å². The van der Waals surface area contributed by atoms with Crippen LogP contribution >= 0.6 is 15.9 Å². The topological polar surface area (TPSA) is 67.2 Å². The van der Waals surface area contributed by atoms with Crippen molar-refractivity contribution in [3.8, 4) is 17.2 Å². The van der Waals surface area contributed by atoms with Crippen LogP contribution in [-0.2, 0) is 0 Å². The summed E-state index contributed by atoms with van der Waals surface area (Å²) in [5.41, 5.74) is 3.43. The van der Waals surface area contributed by atoms with E-state index < -0.39 is 6.23 Å². The fraction of sp³-hybridized carbons (Fsp3) is 0.182. The predicted octanol–water partition coefficient (Wildman–Crippen LogP) is 4.80. The fourth-order valence-corrected chi connectivity index (χ4v) is 4.21. The molecule has 3 aromatic rings. The van der Waals surface area contributed by atoms with Crippen molar-refractivity contribution in [2.75, 3.05) is 7.11 Å². The number of ether oxygens (including phenoxy) is 2. The van der Waals surface area contributed by atoms with Gasteiger partial charge in [0.2, 0.25) is 6.23 Å². The van der Waals surface area contributed by atoms with Crippen LogP contribution in [0.5, 0.6) is 17.2 Å². The van der Waals surface area contributed by atoms with Gasteiger partial charge >= 0.3 is 0 Å². The zero-order chi connectivity index (χ0) is 20.0. The molecular weight excluding hydrogens is 434 g/mol. The first-order chi connectivity index (χ1) is 14.1. The highest BCUT2D eigenvalue weighted by Crippen LogP contribution is 2.48. The molecule has 1 N–H and O–H groups in total. The van der Waals surface area contributed by atoms with Crippen LogP contribution in [0.3, 0.4) is 0 Å². The van der Waals surface area contributed by atoms with Crippen LogP contribution in [0.2, 0.25) is 0 Å². The number of phenolic OH excluding ortho intramolecular Hbond substituents is 1. The first-order valence-electron chi connectivity index (χ1n) is 9.23. The highest BCUT2D eigenvalue weighted by molar-refractivity contribution is 9.10. The van der Waals surface area contributed by atoms with E-state index in [0.717, 1.165) is 27.1 Å². The van der Waals surface area contributed by atoms with Gasteiger partial charge < -0.3 is 14.6 Å². The van der Waals surface area contributed by atoms with Crippen LogP contribution in [0.25, 0.3) is 0 Å². The van der Waals surface area contributed by atoms with Gasteiger partial charge in [0.25, 0.3) is 0 Å². The van der Waals surface area contributed by atoms with Crippen molar-refractivity contribution < 1.29 is 14.6 Å². The highest BCUT2D eigenvalue weighted by atomic mass is 79.9. The Morgan fingerprint density at radius 1 is 1.21 bits per heavy atom. The van der Waals surface area contributed by atoms with E-state index in [1.165, 1.54) is 0 Å². The number of fused-ring (bicyclic) bond motifs is 3. The van der Waals surface area contributed by atoms with E-state index in [1.54, 1.807) is 31.6 Å². The zero-order valence-corrected chi connectivity index (χ0v) is 17.2. The molecule has 2 aliphatic heterocycles. The lowest BCUT2D eigenvalue weighted by Gasteiger charge is -2.38. The van der Waals surface area contributed by atoms with Crippen molar-refractivity contribution in [2.24, 2.45) is 5.10 Å². The molecule has 2 aromatic carbocycles. The molecule has 3 heterocycles. The van der Waals surface area contributed by atoms with Gasteiger partial charge in [-0.3, -0.25) is 4.98 Å². The summed E-state index contributed by atoms with van der Waals surface area (Å²) in [7, 11) is 1.61. The van der Waals surface area contributed by atoms with Crippen LogP contribution < -0.4 is 9.47 Å². The summed E-state index contributed by atoms with van der Waals surface area (Å²) in [4.78, 5) is 4.24. The van der Waals surface area contributed by atoms with Crippen molar-refractivity contribution >= 4 is 21.6 Å². The van der Waals surface area contributed by atoms with Crippen molar-refractivity contribution in [1.82, 2.24) is 9.99 Å². The summed E-state index contributed by atoms with van der Waals surface area (Å²) in [5, 5.41) is 17.3. The molecule has 146 valence electrons. The van der Waals surface area contributed by atoms with Crippen molar-refractivity contribution in [3.05, 3.63) is 82.1 Å². The molecule has 5 rings (SSSR count). The Balaban J connectivity index is 1.62. The standard InChI is InChI=1S/C22H18BrN3O3/c1-28-15-5-6-20(27)16(10-15)18-11-19-17-9-14(23)4-7-21(17)29-22(26(19)25-18)13-3-2-8-24-12-13/h2-10,12,19,22,27H,11H2,1H3. The predicted molar refractivity (Wildman–Crippen MR) is 112 cm³/mol. The van der Waals surface area contributed by atoms with Crippen molar-refractivity contribution in [1.29, 1.82) is 0 Å². The molecule has 0 fully saturated rings. The summed E-state index contributed by atoms with van der Waals surface area (Å²) >= 11 is 3.56. The van der Waals surface area contributed by atoms with E-state index in [1.807, 2.05) is 35.3 Å². The van der Waals surface area contributed by atoms with Gasteiger partial charge in [0.05, 0.1) is 18.9 Å². The molecule has 7 heteroatoms. The zero-order valence-electron chi connectivity index (χ0n) is 15.6. The Labute approximate surface area is 176 Å². The number of rotatable bonds is 3. The van der Waals surface area contributed by atoms with Crippen LogP contribution in [0.1, 0.15) is 35.4 Å². The van der Waals surface area contributed by atoms with Gasteiger partial charge in [0.15, 0.2) is 0 Å². The Morgan fingerprint density at radius 2 is 2.10 bits per heavy atom. The number of phenols is 1. The molecule has 0 saturated carbocycles. The van der Waals surface area contributed by atoms with Gasteiger partial charge in [0, 0.05) is 40.0 Å². The third-order valence-corrected chi connectivity index (χ3v) is 5.73. The maximum absolute atomic E-state index is 10.4. The minimum absolute atomic E-state index is 0.0120. The summed E-state index contributed by atoms with van der Waals surface area (Å²) < 4.78 is 12.6. The maximum Gasteiger partial charge on any atom is 0.215 e. The van der Waals surface area contributed by atoms with Crippen LogP contribution in [0, 0.1) is 0 Å². The number of hydrazone groups is 1. The third-order valence-electron chi connectivity index (χ3n) is 5.24. The van der Waals surface area contributed by atoms with Crippen LogP contribution in [0.15, 0.2) is 70.5 Å². The summed E-state index contributed by atoms with van der Waals surface area (Å²) in [5.74, 6) is 1.68. The molecule has 0 spiro atoms. The minimum Gasteiger partial charge on any atom is -0.507 e. The number of benzene rings is 2. The largest absolute Gasteiger partial charge is 0.507 e. The van der Waals surface area contributed by atoms with Crippen molar-refractivity contribution in [2.45, 2.75) is 18.7 Å². The van der Waals surface area contributed by atoms with E-state index >= 15 is 0 Å². The highest BCUT2D eigenvalue weighted by Gasteiger charge is 2.41. The summed E-state index contributed by atoms with van der Waals surface area (Å²) in [6.07, 6.45) is 3.78. The maximum atomic E-state index is 10.4. The SMILES string of the molecule is COc1ccc(O)c(C2=NN3C(C2)c2cc(Br)ccc2OC3c2cccnc2)c1. The molecule has 2 atom stereocenters. The van der Waals surface area contributed by atoms with Gasteiger partial charge in [-0.1, -0.05) is 22.0 Å². The Kier molecular flexibility index (Phi) is 4.39. The lowest BCUT2D eigenvalue weighted by molar-refractivity contribution is -0.0192. The summed E-state index contributed by atoms with van der Waals surface area (Å²) in [6, 6.07) is 15.0. The summed E-state index contributed by atoms with van der Waals surface area (Å²) in [6.45, 7) is 0. The monoisotopic (exact) mass is 451 g/mol. The van der Waals surface area contributed by atoms with E-state index in [0.29, 0.717) is 17.7 Å². The first kappa shape index (κ1) is 18.0. The number of pyridine rings is 1. The molecule has 0 radical (unpaired) electrons. The third kappa shape index (κ3) is 3.11. The first-order valence-corrected chi connectivity index (χ1v) is 10.0. The van der Waals surface area contributed by atoms with Gasteiger partial charge in [-0.05, 0) is 42.5 Å². The smallest absolute Gasteiger partial charge is 0.215 e.